The fraction of sp³-hybridized carbons (Fsp3) is 0.174. The molecule has 0 bridgehead atoms. The monoisotopic (exact) mass is 379 g/mol. The Bertz CT molecular complexity index is 963. The van der Waals surface area contributed by atoms with Crippen molar-refractivity contribution in [1.82, 2.24) is 5.32 Å². The molecule has 3 nitrogen and oxygen atoms in total. The zero-order valence-corrected chi connectivity index (χ0v) is 15.4. The Kier molecular flexibility index (Phi) is 5.44. The third-order valence-corrected chi connectivity index (χ3v) is 4.72. The van der Waals surface area contributed by atoms with Crippen LogP contribution in [0.25, 0.3) is 11.3 Å². The van der Waals surface area contributed by atoms with E-state index in [0.717, 1.165) is 42.9 Å². The van der Waals surface area contributed by atoms with E-state index in [1.165, 1.54) is 24.3 Å². The molecule has 2 heterocycles. The number of piperazine rings is 1. The summed E-state index contributed by atoms with van der Waals surface area (Å²) >= 11 is 0. The van der Waals surface area contributed by atoms with Crippen LogP contribution in [0.4, 0.5) is 8.78 Å². The lowest BCUT2D eigenvalue weighted by Gasteiger charge is -2.18. The van der Waals surface area contributed by atoms with Crippen LogP contribution in [0.3, 0.4) is 0 Å². The molecular weight excluding hydrogens is 358 g/mol. The van der Waals surface area contributed by atoms with Gasteiger partial charge in [-0.3, -0.25) is 0 Å². The second-order valence-corrected chi connectivity index (χ2v) is 6.73. The Balaban J connectivity index is 1.70. The first-order valence-electron chi connectivity index (χ1n) is 9.30. The summed E-state index contributed by atoms with van der Waals surface area (Å²) < 4.78 is 34.9. The zero-order chi connectivity index (χ0) is 19.3. The molecule has 0 radical (unpaired) electrons. The summed E-state index contributed by atoms with van der Waals surface area (Å²) in [5.41, 5.74) is 2.57. The number of hydrogen-bond acceptors (Lipinski definition) is 2. The summed E-state index contributed by atoms with van der Waals surface area (Å²) in [6.07, 6.45) is 7.79. The standard InChI is InChI=1S/C23H21F2N2O/c24-20-5-1-17(2-6-20)19-15-22(9-12-27-13-10-26-11-14-27)28-23(16-19)18-3-7-21(25)8-4-18/h1-9,12,15-16,26H,10-11,13-14H2/q+1. The Hall–Kier alpha value is -3.05. The van der Waals surface area contributed by atoms with E-state index in [1.807, 2.05) is 24.4 Å². The number of benzene rings is 2. The smallest absolute Gasteiger partial charge is 0.167 e. The summed E-state index contributed by atoms with van der Waals surface area (Å²) in [5, 5.41) is 3.32. The van der Waals surface area contributed by atoms with E-state index in [1.54, 1.807) is 24.3 Å². The van der Waals surface area contributed by atoms with Crippen LogP contribution in [-0.2, 0) is 4.74 Å². The van der Waals surface area contributed by atoms with Crippen molar-refractivity contribution in [3.8, 4) is 0 Å². The van der Waals surface area contributed by atoms with E-state index in [2.05, 4.69) is 9.89 Å². The molecule has 4 rings (SSSR count). The van der Waals surface area contributed by atoms with Crippen LogP contribution in [0.5, 0.6) is 0 Å². The average Bonchev–Trinajstić information content (AvgIpc) is 2.74. The minimum atomic E-state index is -0.294. The molecule has 0 aromatic heterocycles. The number of ether oxygens (including phenoxy) is 1. The normalized spacial score (nSPS) is 18.4. The zero-order valence-electron chi connectivity index (χ0n) is 15.4. The van der Waals surface area contributed by atoms with Crippen molar-refractivity contribution >= 4 is 17.5 Å². The first-order chi connectivity index (χ1) is 13.7. The molecule has 1 saturated heterocycles. The van der Waals surface area contributed by atoms with Gasteiger partial charge in [-0.2, -0.15) is 0 Å². The number of allylic oxidation sites excluding steroid dienone is 4. The van der Waals surface area contributed by atoms with Crippen LogP contribution in [0, 0.1) is 11.6 Å². The van der Waals surface area contributed by atoms with E-state index in [0.29, 0.717) is 11.5 Å². The van der Waals surface area contributed by atoms with Gasteiger partial charge in [-0.15, -0.1) is 0 Å². The van der Waals surface area contributed by atoms with E-state index in [9.17, 15) is 8.78 Å². The van der Waals surface area contributed by atoms with Crippen LogP contribution in [0.1, 0.15) is 11.1 Å². The van der Waals surface area contributed by atoms with Crippen molar-refractivity contribution in [2.24, 2.45) is 0 Å². The minimum absolute atomic E-state index is 0.276. The fourth-order valence-electron chi connectivity index (χ4n) is 3.18. The lowest BCUT2D eigenvalue weighted by atomic mass is 10.0. The summed E-state index contributed by atoms with van der Waals surface area (Å²) in [6, 6.07) is 12.5. The molecule has 0 unspecified atom stereocenters. The van der Waals surface area contributed by atoms with Gasteiger partial charge in [-0.25, -0.2) is 13.4 Å². The van der Waals surface area contributed by atoms with Gasteiger partial charge in [-0.05, 0) is 59.7 Å². The first kappa shape index (κ1) is 18.3. The predicted octanol–water partition coefficient (Wildman–Crippen LogP) is 3.99. The van der Waals surface area contributed by atoms with Crippen LogP contribution in [0.15, 0.2) is 72.5 Å². The molecule has 5 heteroatoms. The molecule has 0 saturated carbocycles. The maximum Gasteiger partial charge on any atom is 0.167 e. The van der Waals surface area contributed by atoms with Gasteiger partial charge in [0.2, 0.25) is 0 Å². The van der Waals surface area contributed by atoms with Crippen molar-refractivity contribution in [2.75, 3.05) is 26.2 Å². The van der Waals surface area contributed by atoms with E-state index in [4.69, 9.17) is 4.74 Å². The highest BCUT2D eigenvalue weighted by molar-refractivity contribution is 5.86. The molecular formula is C23H21F2N2O+. The van der Waals surface area contributed by atoms with Gasteiger partial charge >= 0.3 is 0 Å². The van der Waals surface area contributed by atoms with Gasteiger partial charge in [0.05, 0.1) is 13.1 Å². The van der Waals surface area contributed by atoms with Crippen LogP contribution < -0.4 is 5.32 Å². The second kappa shape index (κ2) is 8.31. The molecule has 2 aromatic carbocycles. The lowest BCUT2D eigenvalue weighted by Crippen LogP contribution is -2.38. The third kappa shape index (κ3) is 4.43. The molecule has 28 heavy (non-hydrogen) atoms. The summed E-state index contributed by atoms with van der Waals surface area (Å²) in [7, 11) is 0. The Morgan fingerprint density at radius 1 is 0.821 bits per heavy atom. The molecule has 2 aliphatic rings. The van der Waals surface area contributed by atoms with Gasteiger partial charge in [0.1, 0.15) is 23.2 Å². The molecule has 1 N–H and O–H groups in total. The highest BCUT2D eigenvalue weighted by atomic mass is 19.1. The molecule has 0 spiro atoms. The molecule has 0 amide bonds. The van der Waals surface area contributed by atoms with Crippen LogP contribution in [0.2, 0.25) is 0 Å². The minimum Gasteiger partial charge on any atom is -0.456 e. The number of nitrogens with one attached hydrogen (secondary N) is 1. The van der Waals surface area contributed by atoms with Gasteiger partial charge in [-0.1, -0.05) is 12.1 Å². The molecule has 0 atom stereocenters. The number of nitrogens with zero attached hydrogens (tertiary/aromatic N) is 1. The number of halogens is 2. The Morgan fingerprint density at radius 2 is 1.43 bits per heavy atom. The molecule has 142 valence electrons. The number of hydrogen-bond donors (Lipinski definition) is 1. The van der Waals surface area contributed by atoms with Gasteiger partial charge < -0.3 is 10.1 Å². The Morgan fingerprint density at radius 3 is 2.07 bits per heavy atom. The molecule has 2 aliphatic heterocycles. The maximum absolute atomic E-state index is 13.3. The Labute approximate surface area is 163 Å². The van der Waals surface area contributed by atoms with Crippen molar-refractivity contribution in [1.29, 1.82) is 0 Å². The predicted molar refractivity (Wildman–Crippen MR) is 107 cm³/mol. The van der Waals surface area contributed by atoms with Crippen molar-refractivity contribution in [3.05, 3.63) is 95.3 Å². The average molecular weight is 379 g/mol. The van der Waals surface area contributed by atoms with Crippen LogP contribution >= 0.6 is 0 Å². The first-order valence-corrected chi connectivity index (χ1v) is 9.30. The summed E-state index contributed by atoms with van der Waals surface area (Å²) in [4.78, 5) is 0. The van der Waals surface area contributed by atoms with E-state index < -0.39 is 0 Å². The van der Waals surface area contributed by atoms with Crippen molar-refractivity contribution in [3.63, 3.8) is 0 Å². The summed E-state index contributed by atoms with van der Waals surface area (Å²) in [6.45, 7) is 3.80. The third-order valence-electron chi connectivity index (χ3n) is 4.72. The van der Waals surface area contributed by atoms with Gasteiger partial charge in [0.15, 0.2) is 19.3 Å². The molecule has 0 aliphatic carbocycles. The largest absolute Gasteiger partial charge is 0.456 e. The number of rotatable bonds is 3. The van der Waals surface area contributed by atoms with Crippen molar-refractivity contribution in [2.45, 2.75) is 0 Å². The lowest BCUT2D eigenvalue weighted by molar-refractivity contribution is -0.527. The maximum atomic E-state index is 13.3. The van der Waals surface area contributed by atoms with Gasteiger partial charge in [0.25, 0.3) is 0 Å². The molecule has 1 fully saturated rings. The fourth-order valence-corrected chi connectivity index (χ4v) is 3.18. The highest BCUT2D eigenvalue weighted by Crippen LogP contribution is 2.31. The summed E-state index contributed by atoms with van der Waals surface area (Å²) in [5.74, 6) is 0.737. The van der Waals surface area contributed by atoms with Gasteiger partial charge in [0, 0.05) is 11.6 Å². The van der Waals surface area contributed by atoms with Crippen LogP contribution in [-0.4, -0.2) is 37.0 Å². The second-order valence-electron chi connectivity index (χ2n) is 6.73. The topological polar surface area (TPSA) is 24.3 Å². The molecule has 2 aromatic rings. The van der Waals surface area contributed by atoms with E-state index in [-0.39, 0.29) is 11.6 Å². The highest BCUT2D eigenvalue weighted by Gasteiger charge is 2.15. The van der Waals surface area contributed by atoms with Crippen molar-refractivity contribution < 1.29 is 18.1 Å². The SMILES string of the molecule is Fc1ccc(C2=CC(=CC=[N+]3CCNCC3)OC(c3ccc(F)cc3)=C2)cc1. The quantitative estimate of drug-likeness (QED) is 0.816. The van der Waals surface area contributed by atoms with E-state index >= 15 is 0 Å².